The first kappa shape index (κ1) is 18.9. The molecule has 7 heteroatoms. The van der Waals surface area contributed by atoms with Crippen LogP contribution in [-0.2, 0) is 11.3 Å². The Morgan fingerprint density at radius 2 is 1.72 bits per heavy atom. The molecule has 3 aromatic carbocycles. The fourth-order valence-electron chi connectivity index (χ4n) is 4.09. The van der Waals surface area contributed by atoms with Gasteiger partial charge in [-0.15, -0.1) is 0 Å². The number of hydrogen-bond acceptors (Lipinski definition) is 5. The SMILES string of the molecule is Cc1ccc2nc(NC(=O)CCn3c4ccccc4c4nc5ccccc5nc43)sc2c1. The minimum atomic E-state index is -0.0690. The number of aryl methyl sites for hydroxylation is 2. The normalized spacial score (nSPS) is 11.7. The summed E-state index contributed by atoms with van der Waals surface area (Å²) in [6, 6.07) is 22.1. The standard InChI is InChI=1S/C25H19N5OS/c1-15-10-11-19-21(14-15)32-25(28-19)29-22(31)12-13-30-20-9-5-2-6-16(20)23-24(30)27-18-8-4-3-7-17(18)26-23/h2-11,14H,12-13H2,1H3,(H,28,29,31). The zero-order valence-corrected chi connectivity index (χ0v) is 18.2. The fraction of sp³-hybridized carbons (Fsp3) is 0.120. The quantitative estimate of drug-likeness (QED) is 0.385. The lowest BCUT2D eigenvalue weighted by Gasteiger charge is -2.07. The number of anilines is 1. The van der Waals surface area contributed by atoms with Gasteiger partial charge in [-0.2, -0.15) is 0 Å². The predicted molar refractivity (Wildman–Crippen MR) is 130 cm³/mol. The van der Waals surface area contributed by atoms with Gasteiger partial charge in [0.15, 0.2) is 10.8 Å². The van der Waals surface area contributed by atoms with Crippen molar-refractivity contribution < 1.29 is 4.79 Å². The Hall–Kier alpha value is -3.84. The van der Waals surface area contributed by atoms with E-state index >= 15 is 0 Å². The number of carbonyl (C=O) groups is 1. The number of para-hydroxylation sites is 3. The molecule has 6 aromatic rings. The van der Waals surface area contributed by atoms with Crippen LogP contribution in [0.4, 0.5) is 5.13 Å². The number of fused-ring (bicyclic) bond motifs is 5. The Labute approximate surface area is 187 Å². The third-order valence-electron chi connectivity index (χ3n) is 5.61. The van der Waals surface area contributed by atoms with E-state index in [1.54, 1.807) is 0 Å². The van der Waals surface area contributed by atoms with Crippen molar-refractivity contribution in [2.45, 2.75) is 19.9 Å². The molecular formula is C25H19N5OS. The molecule has 3 heterocycles. The Kier molecular flexibility index (Phi) is 4.36. The first-order valence-electron chi connectivity index (χ1n) is 10.5. The first-order chi connectivity index (χ1) is 15.7. The minimum Gasteiger partial charge on any atom is -0.323 e. The molecule has 0 atom stereocenters. The molecule has 0 aliphatic carbocycles. The lowest BCUT2D eigenvalue weighted by molar-refractivity contribution is -0.116. The van der Waals surface area contributed by atoms with E-state index in [0.29, 0.717) is 18.1 Å². The van der Waals surface area contributed by atoms with Gasteiger partial charge in [-0.05, 0) is 42.8 Å². The summed E-state index contributed by atoms with van der Waals surface area (Å²) in [5, 5.41) is 4.63. The van der Waals surface area contributed by atoms with Crippen molar-refractivity contribution in [1.82, 2.24) is 19.5 Å². The van der Waals surface area contributed by atoms with Crippen LogP contribution in [0.3, 0.4) is 0 Å². The number of aromatic nitrogens is 4. The maximum atomic E-state index is 12.7. The summed E-state index contributed by atoms with van der Waals surface area (Å²) in [6.07, 6.45) is 0.317. The van der Waals surface area contributed by atoms with Crippen LogP contribution in [0.5, 0.6) is 0 Å². The molecular weight excluding hydrogens is 418 g/mol. The van der Waals surface area contributed by atoms with Gasteiger partial charge in [-0.25, -0.2) is 15.0 Å². The number of hydrogen-bond donors (Lipinski definition) is 1. The van der Waals surface area contributed by atoms with E-state index in [4.69, 9.17) is 9.97 Å². The highest BCUT2D eigenvalue weighted by Crippen LogP contribution is 2.29. The largest absolute Gasteiger partial charge is 0.323 e. The molecule has 3 aromatic heterocycles. The maximum Gasteiger partial charge on any atom is 0.227 e. The van der Waals surface area contributed by atoms with Crippen LogP contribution in [0.25, 0.3) is 43.3 Å². The summed E-state index contributed by atoms with van der Waals surface area (Å²) in [5.41, 5.74) is 6.49. The Bertz CT molecular complexity index is 1650. The average molecular weight is 438 g/mol. The molecule has 0 bridgehead atoms. The lowest BCUT2D eigenvalue weighted by Crippen LogP contribution is -2.14. The second-order valence-corrected chi connectivity index (χ2v) is 8.87. The lowest BCUT2D eigenvalue weighted by atomic mass is 10.2. The molecule has 156 valence electrons. The topological polar surface area (TPSA) is 72.7 Å². The molecule has 0 radical (unpaired) electrons. The molecule has 0 aliphatic rings. The van der Waals surface area contributed by atoms with Gasteiger partial charge < -0.3 is 9.88 Å². The van der Waals surface area contributed by atoms with Crippen LogP contribution < -0.4 is 5.32 Å². The van der Waals surface area contributed by atoms with Crippen LogP contribution in [0.1, 0.15) is 12.0 Å². The highest BCUT2D eigenvalue weighted by molar-refractivity contribution is 7.22. The molecule has 0 spiro atoms. The molecule has 0 saturated heterocycles. The van der Waals surface area contributed by atoms with Gasteiger partial charge in [0, 0.05) is 18.4 Å². The van der Waals surface area contributed by atoms with Crippen molar-refractivity contribution in [3.05, 3.63) is 72.3 Å². The van der Waals surface area contributed by atoms with Crippen LogP contribution in [0.15, 0.2) is 66.7 Å². The van der Waals surface area contributed by atoms with Crippen molar-refractivity contribution in [3.63, 3.8) is 0 Å². The molecule has 6 nitrogen and oxygen atoms in total. The van der Waals surface area contributed by atoms with Gasteiger partial charge in [-0.3, -0.25) is 4.79 Å². The van der Waals surface area contributed by atoms with E-state index in [1.807, 2.05) is 48.5 Å². The Morgan fingerprint density at radius 3 is 2.59 bits per heavy atom. The maximum absolute atomic E-state index is 12.7. The number of amides is 1. The van der Waals surface area contributed by atoms with Gasteiger partial charge >= 0.3 is 0 Å². The monoisotopic (exact) mass is 437 g/mol. The van der Waals surface area contributed by atoms with E-state index in [9.17, 15) is 4.79 Å². The van der Waals surface area contributed by atoms with E-state index in [0.717, 1.165) is 43.3 Å². The van der Waals surface area contributed by atoms with Gasteiger partial charge in [-0.1, -0.05) is 47.7 Å². The Morgan fingerprint density at radius 1 is 0.938 bits per heavy atom. The number of nitrogens with one attached hydrogen (secondary N) is 1. The number of benzene rings is 3. The third kappa shape index (κ3) is 3.18. The van der Waals surface area contributed by atoms with Crippen LogP contribution in [-0.4, -0.2) is 25.4 Å². The summed E-state index contributed by atoms with van der Waals surface area (Å²) in [4.78, 5) is 27.0. The molecule has 1 amide bonds. The summed E-state index contributed by atoms with van der Waals surface area (Å²) in [5.74, 6) is -0.0690. The number of thiazole rings is 1. The number of nitrogens with zero attached hydrogens (tertiary/aromatic N) is 4. The fourth-order valence-corrected chi connectivity index (χ4v) is 5.07. The number of rotatable bonds is 4. The second kappa shape index (κ2) is 7.39. The smallest absolute Gasteiger partial charge is 0.227 e. The van der Waals surface area contributed by atoms with E-state index in [2.05, 4.69) is 40.0 Å². The van der Waals surface area contributed by atoms with E-state index < -0.39 is 0 Å². The molecule has 6 rings (SSSR count). The molecule has 32 heavy (non-hydrogen) atoms. The average Bonchev–Trinajstić information content (AvgIpc) is 3.33. The Balaban J connectivity index is 1.32. The number of carbonyl (C=O) groups excluding carboxylic acids is 1. The zero-order valence-electron chi connectivity index (χ0n) is 17.4. The molecule has 0 aliphatic heterocycles. The molecule has 0 saturated carbocycles. The highest BCUT2D eigenvalue weighted by Gasteiger charge is 2.15. The van der Waals surface area contributed by atoms with Crippen molar-refractivity contribution in [2.24, 2.45) is 0 Å². The molecule has 0 unspecified atom stereocenters. The second-order valence-electron chi connectivity index (χ2n) is 7.84. The minimum absolute atomic E-state index is 0.0690. The summed E-state index contributed by atoms with van der Waals surface area (Å²) < 4.78 is 3.16. The van der Waals surface area contributed by atoms with Gasteiger partial charge in [0.25, 0.3) is 0 Å². The van der Waals surface area contributed by atoms with E-state index in [1.165, 1.54) is 16.9 Å². The highest BCUT2D eigenvalue weighted by atomic mass is 32.1. The predicted octanol–water partition coefficient (Wildman–Crippen LogP) is 5.68. The van der Waals surface area contributed by atoms with E-state index in [-0.39, 0.29) is 5.91 Å². The summed E-state index contributed by atoms with van der Waals surface area (Å²) in [7, 11) is 0. The van der Waals surface area contributed by atoms with Crippen LogP contribution >= 0.6 is 11.3 Å². The third-order valence-corrected chi connectivity index (χ3v) is 6.54. The van der Waals surface area contributed by atoms with Crippen LogP contribution in [0.2, 0.25) is 0 Å². The van der Waals surface area contributed by atoms with Crippen molar-refractivity contribution >= 4 is 65.7 Å². The van der Waals surface area contributed by atoms with Gasteiger partial charge in [0.1, 0.15) is 5.52 Å². The first-order valence-corrected chi connectivity index (χ1v) is 11.3. The zero-order chi connectivity index (χ0) is 21.7. The van der Waals surface area contributed by atoms with Crippen molar-refractivity contribution in [2.75, 3.05) is 5.32 Å². The molecule has 1 N–H and O–H groups in total. The van der Waals surface area contributed by atoms with Gasteiger partial charge in [0.2, 0.25) is 5.91 Å². The van der Waals surface area contributed by atoms with Crippen molar-refractivity contribution in [3.8, 4) is 0 Å². The van der Waals surface area contributed by atoms with Gasteiger partial charge in [0.05, 0.1) is 26.8 Å². The molecule has 0 fully saturated rings. The van der Waals surface area contributed by atoms with Crippen LogP contribution in [0, 0.1) is 6.92 Å². The summed E-state index contributed by atoms with van der Waals surface area (Å²) in [6.45, 7) is 2.56. The summed E-state index contributed by atoms with van der Waals surface area (Å²) >= 11 is 1.50. The van der Waals surface area contributed by atoms with Crippen molar-refractivity contribution in [1.29, 1.82) is 0 Å².